The summed E-state index contributed by atoms with van der Waals surface area (Å²) >= 11 is 0. The Morgan fingerprint density at radius 2 is 0.885 bits per heavy atom. The van der Waals surface area contributed by atoms with Crippen LogP contribution in [-0.4, -0.2) is 34.6 Å². The van der Waals surface area contributed by atoms with Crippen molar-refractivity contribution < 1.29 is 24.6 Å². The lowest BCUT2D eigenvalue weighted by atomic mass is 10.0. The third kappa shape index (κ3) is 20.5. The van der Waals surface area contributed by atoms with E-state index in [0.717, 1.165) is 32.1 Å². The highest BCUT2D eigenvalue weighted by molar-refractivity contribution is 5.76. The molecule has 6 heteroatoms. The van der Waals surface area contributed by atoms with Gasteiger partial charge in [0.1, 0.15) is 0 Å². The monoisotopic (exact) mass is 371 g/mol. The molecule has 1 amide bonds. The maximum absolute atomic E-state index is 11.4. The summed E-state index contributed by atoms with van der Waals surface area (Å²) in [6.07, 6.45) is 14.9. The molecular formula is C20H37NO5. The lowest BCUT2D eigenvalue weighted by Crippen LogP contribution is -2.24. The highest BCUT2D eigenvalue weighted by Gasteiger charge is 2.03. The van der Waals surface area contributed by atoms with Crippen LogP contribution >= 0.6 is 0 Å². The molecule has 0 aromatic carbocycles. The first-order valence-electron chi connectivity index (χ1n) is 10.2. The maximum atomic E-state index is 11.4. The molecule has 0 unspecified atom stereocenters. The van der Waals surface area contributed by atoms with Crippen LogP contribution < -0.4 is 5.32 Å². The first-order valence-corrected chi connectivity index (χ1v) is 10.2. The van der Waals surface area contributed by atoms with Gasteiger partial charge < -0.3 is 15.5 Å². The lowest BCUT2D eigenvalue weighted by molar-refractivity contribution is -0.138. The van der Waals surface area contributed by atoms with Crippen molar-refractivity contribution in [1.82, 2.24) is 5.32 Å². The van der Waals surface area contributed by atoms with Crippen LogP contribution in [0.3, 0.4) is 0 Å². The molecule has 0 saturated heterocycles. The van der Waals surface area contributed by atoms with Gasteiger partial charge in [-0.15, -0.1) is 0 Å². The normalized spacial score (nSPS) is 10.6. The summed E-state index contributed by atoms with van der Waals surface area (Å²) in [5.74, 6) is -1.59. The Kier molecular flexibility index (Phi) is 17.1. The van der Waals surface area contributed by atoms with Gasteiger partial charge >= 0.3 is 11.9 Å². The molecular weight excluding hydrogens is 334 g/mol. The zero-order chi connectivity index (χ0) is 19.5. The summed E-state index contributed by atoms with van der Waals surface area (Å²) in [5.41, 5.74) is 0. The van der Waals surface area contributed by atoms with Gasteiger partial charge in [-0.25, -0.2) is 0 Å². The van der Waals surface area contributed by atoms with Crippen molar-refractivity contribution in [2.45, 2.75) is 103 Å². The fraction of sp³-hybridized carbons (Fsp3) is 0.850. The second-order valence-electron chi connectivity index (χ2n) is 6.98. The Balaban J connectivity index is 3.14. The van der Waals surface area contributed by atoms with Gasteiger partial charge in [-0.05, 0) is 19.3 Å². The minimum atomic E-state index is -0.853. The van der Waals surface area contributed by atoms with Crippen molar-refractivity contribution in [1.29, 1.82) is 0 Å². The van der Waals surface area contributed by atoms with Crippen molar-refractivity contribution >= 4 is 17.8 Å². The molecule has 0 aromatic heterocycles. The molecule has 0 aliphatic carbocycles. The molecule has 0 aromatic rings. The van der Waals surface area contributed by atoms with E-state index in [-0.39, 0.29) is 12.3 Å². The molecule has 0 atom stereocenters. The summed E-state index contributed by atoms with van der Waals surface area (Å²) in [4.78, 5) is 32.2. The highest BCUT2D eigenvalue weighted by atomic mass is 16.4. The van der Waals surface area contributed by atoms with Gasteiger partial charge in [-0.1, -0.05) is 64.2 Å². The van der Waals surface area contributed by atoms with E-state index >= 15 is 0 Å². The third-order valence-electron chi connectivity index (χ3n) is 4.43. The van der Waals surface area contributed by atoms with Crippen molar-refractivity contribution in [2.75, 3.05) is 6.54 Å². The average molecular weight is 372 g/mol. The number of hydrogen-bond acceptors (Lipinski definition) is 3. The predicted molar refractivity (Wildman–Crippen MR) is 102 cm³/mol. The number of carbonyl (C=O) groups is 3. The molecule has 0 aliphatic heterocycles. The fourth-order valence-electron chi connectivity index (χ4n) is 2.89. The van der Waals surface area contributed by atoms with E-state index in [2.05, 4.69) is 5.32 Å². The molecule has 0 aliphatic rings. The minimum Gasteiger partial charge on any atom is -0.481 e. The second-order valence-corrected chi connectivity index (χ2v) is 6.98. The van der Waals surface area contributed by atoms with E-state index < -0.39 is 11.9 Å². The predicted octanol–water partition coefficient (Wildman–Crippen LogP) is 4.51. The smallest absolute Gasteiger partial charge is 0.303 e. The largest absolute Gasteiger partial charge is 0.481 e. The van der Waals surface area contributed by atoms with Gasteiger partial charge in [0.25, 0.3) is 0 Å². The van der Waals surface area contributed by atoms with E-state index in [1.165, 1.54) is 44.9 Å². The Bertz CT molecular complexity index is 384. The van der Waals surface area contributed by atoms with Crippen LogP contribution in [-0.2, 0) is 14.4 Å². The molecule has 3 N–H and O–H groups in total. The van der Waals surface area contributed by atoms with Gasteiger partial charge in [0, 0.05) is 25.8 Å². The first-order chi connectivity index (χ1) is 12.5. The van der Waals surface area contributed by atoms with Crippen LogP contribution in [0, 0.1) is 0 Å². The zero-order valence-electron chi connectivity index (χ0n) is 16.1. The maximum Gasteiger partial charge on any atom is 0.303 e. The van der Waals surface area contributed by atoms with Crippen LogP contribution in [0.2, 0.25) is 0 Å². The van der Waals surface area contributed by atoms with E-state index in [1.807, 2.05) is 0 Å². The summed E-state index contributed by atoms with van der Waals surface area (Å²) in [5, 5.41) is 19.9. The topological polar surface area (TPSA) is 104 Å². The van der Waals surface area contributed by atoms with Gasteiger partial charge in [-0.2, -0.15) is 0 Å². The number of carboxylic acids is 2. The second kappa shape index (κ2) is 18.2. The van der Waals surface area contributed by atoms with Gasteiger partial charge in [0.05, 0.1) is 0 Å². The summed E-state index contributed by atoms with van der Waals surface area (Å²) < 4.78 is 0. The van der Waals surface area contributed by atoms with Gasteiger partial charge in [0.15, 0.2) is 0 Å². The number of unbranched alkanes of at least 4 members (excludes halogenated alkanes) is 11. The molecule has 0 radical (unpaired) electrons. The lowest BCUT2D eigenvalue weighted by Gasteiger charge is -2.05. The molecule has 0 bridgehead atoms. The molecule has 0 heterocycles. The molecule has 0 spiro atoms. The van der Waals surface area contributed by atoms with E-state index in [9.17, 15) is 14.4 Å². The minimum absolute atomic E-state index is 0.0470. The molecule has 0 fully saturated rings. The van der Waals surface area contributed by atoms with E-state index in [0.29, 0.717) is 25.8 Å². The summed E-state index contributed by atoms with van der Waals surface area (Å²) in [6, 6.07) is 0. The summed E-state index contributed by atoms with van der Waals surface area (Å²) in [6.45, 7) is 0.688. The van der Waals surface area contributed by atoms with Crippen LogP contribution in [0.15, 0.2) is 0 Å². The van der Waals surface area contributed by atoms with E-state index in [4.69, 9.17) is 10.2 Å². The van der Waals surface area contributed by atoms with Gasteiger partial charge in [-0.3, -0.25) is 14.4 Å². The Morgan fingerprint density at radius 3 is 1.35 bits per heavy atom. The highest BCUT2D eigenvalue weighted by Crippen LogP contribution is 2.12. The van der Waals surface area contributed by atoms with Crippen LogP contribution in [0.4, 0.5) is 0 Å². The third-order valence-corrected chi connectivity index (χ3v) is 4.43. The van der Waals surface area contributed by atoms with Crippen molar-refractivity contribution in [3.8, 4) is 0 Å². The molecule has 0 saturated carbocycles. The van der Waals surface area contributed by atoms with Gasteiger partial charge in [0.2, 0.25) is 5.91 Å². The van der Waals surface area contributed by atoms with E-state index in [1.54, 1.807) is 0 Å². The number of aliphatic carboxylic acids is 2. The van der Waals surface area contributed by atoms with Crippen LogP contribution in [0.25, 0.3) is 0 Å². The zero-order valence-corrected chi connectivity index (χ0v) is 16.1. The number of rotatable bonds is 19. The number of amides is 1. The van der Waals surface area contributed by atoms with Crippen molar-refractivity contribution in [3.05, 3.63) is 0 Å². The quantitative estimate of drug-likeness (QED) is 0.290. The number of nitrogens with one attached hydrogen (secondary N) is 1. The molecule has 0 rings (SSSR count). The molecule has 6 nitrogen and oxygen atoms in total. The fourth-order valence-corrected chi connectivity index (χ4v) is 2.89. The Morgan fingerprint density at radius 1 is 0.500 bits per heavy atom. The first kappa shape index (κ1) is 24.4. The SMILES string of the molecule is O=C(O)CCCCCCCCCCCCCCNC(=O)CCCC(=O)O. The number of carboxylic acid groups (broad SMARTS) is 2. The number of hydrogen-bond donors (Lipinski definition) is 3. The average Bonchev–Trinajstić information content (AvgIpc) is 2.57. The Hall–Kier alpha value is -1.59. The summed E-state index contributed by atoms with van der Waals surface area (Å²) in [7, 11) is 0. The Labute approximate surface area is 157 Å². The van der Waals surface area contributed by atoms with Crippen molar-refractivity contribution in [2.24, 2.45) is 0 Å². The molecule has 152 valence electrons. The van der Waals surface area contributed by atoms with Crippen LogP contribution in [0.1, 0.15) is 103 Å². The molecule has 26 heavy (non-hydrogen) atoms. The van der Waals surface area contributed by atoms with Crippen LogP contribution in [0.5, 0.6) is 0 Å². The standard InChI is InChI=1S/C20H37NO5/c22-18(14-13-16-20(25)26)21-17-12-10-8-6-4-2-1-3-5-7-9-11-15-19(23)24/h1-17H2,(H,21,22)(H,23,24)(H,25,26). The number of carbonyl (C=O) groups excluding carboxylic acids is 1. The van der Waals surface area contributed by atoms with Crippen molar-refractivity contribution in [3.63, 3.8) is 0 Å².